The van der Waals surface area contributed by atoms with Gasteiger partial charge in [-0.3, -0.25) is 9.59 Å². The van der Waals surface area contributed by atoms with Crippen molar-refractivity contribution >= 4 is 11.8 Å². The molecule has 104 valence electrons. The van der Waals surface area contributed by atoms with Crippen LogP contribution >= 0.6 is 0 Å². The summed E-state index contributed by atoms with van der Waals surface area (Å²) in [6, 6.07) is 7.51. The molecular weight excluding hydrogens is 252 g/mol. The molecule has 0 N–H and O–H groups in total. The third-order valence-corrected chi connectivity index (χ3v) is 4.57. The highest BCUT2D eigenvalue weighted by Gasteiger charge is 2.56. The van der Waals surface area contributed by atoms with Crippen LogP contribution in [0.1, 0.15) is 35.2 Å². The van der Waals surface area contributed by atoms with Crippen LogP contribution in [-0.2, 0) is 16.0 Å². The maximum atomic E-state index is 12.9. The van der Waals surface area contributed by atoms with Crippen molar-refractivity contribution in [3.8, 4) is 0 Å². The molecular formula is C17H18O3. The van der Waals surface area contributed by atoms with Crippen LogP contribution in [0.3, 0.4) is 0 Å². The first-order valence-electron chi connectivity index (χ1n) is 7.08. The van der Waals surface area contributed by atoms with Gasteiger partial charge in [0, 0.05) is 11.5 Å². The van der Waals surface area contributed by atoms with Crippen molar-refractivity contribution in [2.75, 3.05) is 7.11 Å². The molecule has 0 aromatic heterocycles. The Labute approximate surface area is 118 Å². The molecule has 0 saturated heterocycles. The van der Waals surface area contributed by atoms with E-state index in [2.05, 4.69) is 6.08 Å². The molecule has 3 rings (SSSR count). The SMILES string of the molecule is COC(=O)C1(C2C=CCCC2)Cc2ccccc2C1=O. The predicted molar refractivity (Wildman–Crippen MR) is 75.4 cm³/mol. The molecule has 0 fully saturated rings. The fourth-order valence-corrected chi connectivity index (χ4v) is 3.54. The van der Waals surface area contributed by atoms with Crippen molar-refractivity contribution in [1.29, 1.82) is 0 Å². The Balaban J connectivity index is 2.10. The van der Waals surface area contributed by atoms with Gasteiger partial charge in [-0.1, -0.05) is 36.4 Å². The minimum absolute atomic E-state index is 0.0522. The Morgan fingerprint density at radius 3 is 2.80 bits per heavy atom. The summed E-state index contributed by atoms with van der Waals surface area (Å²) in [7, 11) is 1.37. The van der Waals surface area contributed by atoms with Gasteiger partial charge >= 0.3 is 5.97 Å². The second-order valence-corrected chi connectivity index (χ2v) is 5.59. The van der Waals surface area contributed by atoms with Gasteiger partial charge in [0.15, 0.2) is 5.78 Å². The van der Waals surface area contributed by atoms with E-state index in [4.69, 9.17) is 4.74 Å². The molecule has 0 spiro atoms. The Hall–Kier alpha value is -1.90. The largest absolute Gasteiger partial charge is 0.468 e. The van der Waals surface area contributed by atoms with Gasteiger partial charge < -0.3 is 4.74 Å². The minimum Gasteiger partial charge on any atom is -0.468 e. The van der Waals surface area contributed by atoms with E-state index >= 15 is 0 Å². The number of benzene rings is 1. The highest BCUT2D eigenvalue weighted by molar-refractivity contribution is 6.16. The maximum Gasteiger partial charge on any atom is 0.320 e. The molecule has 0 radical (unpaired) electrons. The molecule has 1 aromatic carbocycles. The highest BCUT2D eigenvalue weighted by Crippen LogP contribution is 2.47. The van der Waals surface area contributed by atoms with Gasteiger partial charge in [-0.05, 0) is 31.2 Å². The maximum absolute atomic E-state index is 12.9. The Morgan fingerprint density at radius 1 is 1.35 bits per heavy atom. The van der Waals surface area contributed by atoms with E-state index in [0.717, 1.165) is 24.8 Å². The fraction of sp³-hybridized carbons (Fsp3) is 0.412. The number of esters is 1. The van der Waals surface area contributed by atoms with E-state index in [9.17, 15) is 9.59 Å². The zero-order valence-electron chi connectivity index (χ0n) is 11.6. The molecule has 2 atom stereocenters. The Bertz CT molecular complexity index is 588. The van der Waals surface area contributed by atoms with Crippen LogP contribution in [0.15, 0.2) is 36.4 Å². The molecule has 3 nitrogen and oxygen atoms in total. The number of carbonyl (C=O) groups is 2. The van der Waals surface area contributed by atoms with E-state index in [-0.39, 0.29) is 11.7 Å². The average Bonchev–Trinajstić information content (AvgIpc) is 2.82. The molecule has 2 unspecified atom stereocenters. The number of hydrogen-bond acceptors (Lipinski definition) is 3. The second-order valence-electron chi connectivity index (χ2n) is 5.59. The van der Waals surface area contributed by atoms with Crippen LogP contribution < -0.4 is 0 Å². The van der Waals surface area contributed by atoms with Crippen LogP contribution in [0.4, 0.5) is 0 Å². The number of ketones is 1. The summed E-state index contributed by atoms with van der Waals surface area (Å²) in [5.41, 5.74) is 0.591. The molecule has 3 heteroatoms. The molecule has 0 aliphatic heterocycles. The Morgan fingerprint density at radius 2 is 2.15 bits per heavy atom. The van der Waals surface area contributed by atoms with Gasteiger partial charge in [-0.2, -0.15) is 0 Å². The van der Waals surface area contributed by atoms with Gasteiger partial charge in [0.1, 0.15) is 5.41 Å². The number of Topliss-reactive ketones (excluding diaryl/α,β-unsaturated/α-hetero) is 1. The summed E-state index contributed by atoms with van der Waals surface area (Å²) in [5.74, 6) is -0.518. The fourth-order valence-electron chi connectivity index (χ4n) is 3.54. The lowest BCUT2D eigenvalue weighted by molar-refractivity contribution is -0.151. The van der Waals surface area contributed by atoms with Gasteiger partial charge in [0.25, 0.3) is 0 Å². The number of ether oxygens (including phenoxy) is 1. The molecule has 1 aromatic rings. The van der Waals surface area contributed by atoms with E-state index < -0.39 is 11.4 Å². The normalized spacial score (nSPS) is 28.2. The molecule has 0 heterocycles. The number of methoxy groups -OCH3 is 1. The standard InChI is InChI=1S/C17H18O3/c1-20-16(19)17(13-8-3-2-4-9-13)11-12-7-5-6-10-14(12)15(17)18/h3,5-8,10,13H,2,4,9,11H2,1H3. The molecule has 0 bridgehead atoms. The van der Waals surface area contributed by atoms with Crippen LogP contribution in [0.5, 0.6) is 0 Å². The number of allylic oxidation sites excluding steroid dienone is 2. The van der Waals surface area contributed by atoms with Crippen molar-refractivity contribution in [1.82, 2.24) is 0 Å². The number of fused-ring (bicyclic) bond motifs is 1. The molecule has 2 aliphatic carbocycles. The highest BCUT2D eigenvalue weighted by atomic mass is 16.5. The third kappa shape index (κ3) is 1.73. The summed E-state index contributed by atoms with van der Waals surface area (Å²) in [5, 5.41) is 0. The Kier molecular flexibility index (Phi) is 3.20. The van der Waals surface area contributed by atoms with Crippen LogP contribution in [0, 0.1) is 11.3 Å². The van der Waals surface area contributed by atoms with Gasteiger partial charge in [-0.15, -0.1) is 0 Å². The van der Waals surface area contributed by atoms with E-state index in [1.165, 1.54) is 7.11 Å². The number of rotatable bonds is 2. The summed E-state index contributed by atoms with van der Waals surface area (Å²) in [4.78, 5) is 25.3. The van der Waals surface area contributed by atoms with Crippen molar-refractivity contribution in [3.63, 3.8) is 0 Å². The third-order valence-electron chi connectivity index (χ3n) is 4.57. The van der Waals surface area contributed by atoms with E-state index in [1.807, 2.05) is 30.3 Å². The lowest BCUT2D eigenvalue weighted by atomic mass is 9.68. The van der Waals surface area contributed by atoms with Gasteiger partial charge in [-0.25, -0.2) is 0 Å². The molecule has 0 saturated carbocycles. The van der Waals surface area contributed by atoms with Gasteiger partial charge in [0.05, 0.1) is 7.11 Å². The minimum atomic E-state index is -1.05. The zero-order valence-corrected chi connectivity index (χ0v) is 11.6. The lowest BCUT2D eigenvalue weighted by Crippen LogP contribution is -2.44. The summed E-state index contributed by atoms with van der Waals surface area (Å²) < 4.78 is 5.00. The number of hydrogen-bond donors (Lipinski definition) is 0. The predicted octanol–water partition coefficient (Wildman–Crippen LogP) is 2.94. The van der Waals surface area contributed by atoms with Crippen LogP contribution in [-0.4, -0.2) is 18.9 Å². The smallest absolute Gasteiger partial charge is 0.320 e. The molecule has 0 amide bonds. The molecule has 2 aliphatic rings. The van der Waals surface area contributed by atoms with Gasteiger partial charge in [0.2, 0.25) is 0 Å². The first-order valence-corrected chi connectivity index (χ1v) is 7.08. The summed E-state index contributed by atoms with van der Waals surface area (Å²) in [6.45, 7) is 0. The van der Waals surface area contributed by atoms with Crippen LogP contribution in [0.2, 0.25) is 0 Å². The second kappa shape index (κ2) is 4.89. The first-order chi connectivity index (χ1) is 9.70. The van der Waals surface area contributed by atoms with Crippen molar-refractivity contribution < 1.29 is 14.3 Å². The lowest BCUT2D eigenvalue weighted by Gasteiger charge is -2.33. The van der Waals surface area contributed by atoms with Crippen LogP contribution in [0.25, 0.3) is 0 Å². The summed E-state index contributed by atoms with van der Waals surface area (Å²) in [6.07, 6.45) is 7.48. The monoisotopic (exact) mass is 270 g/mol. The van der Waals surface area contributed by atoms with Crippen molar-refractivity contribution in [2.24, 2.45) is 11.3 Å². The van der Waals surface area contributed by atoms with Crippen molar-refractivity contribution in [3.05, 3.63) is 47.5 Å². The molecule has 20 heavy (non-hydrogen) atoms. The first kappa shape index (κ1) is 13.1. The van der Waals surface area contributed by atoms with Crippen molar-refractivity contribution in [2.45, 2.75) is 25.7 Å². The number of carbonyl (C=O) groups excluding carboxylic acids is 2. The topological polar surface area (TPSA) is 43.4 Å². The zero-order chi connectivity index (χ0) is 14.2. The average molecular weight is 270 g/mol. The quantitative estimate of drug-likeness (QED) is 0.471. The summed E-state index contributed by atoms with van der Waals surface area (Å²) >= 11 is 0. The van der Waals surface area contributed by atoms with E-state index in [0.29, 0.717) is 12.0 Å². The van der Waals surface area contributed by atoms with E-state index in [1.54, 1.807) is 0 Å².